The Kier molecular flexibility index (Phi) is 12.6. The molecule has 0 amide bonds. The molecule has 0 radical (unpaired) electrons. The maximum absolute atomic E-state index is 7.29. The number of nitrogens with zero attached hydrogens (tertiary/aromatic N) is 1. The number of amidine groups is 1. The third kappa shape index (κ3) is 8.99. The minimum absolute atomic E-state index is 0.106. The monoisotopic (exact) mass is 805 g/mol. The highest BCUT2D eigenvalue weighted by molar-refractivity contribution is 6.24. The molecule has 0 saturated heterocycles. The molecule has 0 spiro atoms. The zero-order chi connectivity index (χ0) is 42.8. The lowest BCUT2D eigenvalue weighted by Crippen LogP contribution is -2.27. The van der Waals surface area contributed by atoms with Crippen LogP contribution in [0.4, 0.5) is 11.4 Å². The number of hydrogen-bond acceptors (Lipinski definition) is 3. The average molecular weight is 806 g/mol. The van der Waals surface area contributed by atoms with Gasteiger partial charge in [0.25, 0.3) is 0 Å². The van der Waals surface area contributed by atoms with Gasteiger partial charge in [-0.2, -0.15) is 4.58 Å². The molecule has 0 aliphatic carbocycles. The number of fused-ring (bicyclic) bond motifs is 4. The van der Waals surface area contributed by atoms with Crippen LogP contribution < -0.4 is 16.0 Å². The fourth-order valence-electron chi connectivity index (χ4n) is 7.75. The van der Waals surface area contributed by atoms with Gasteiger partial charge in [0.2, 0.25) is 17.1 Å². The van der Waals surface area contributed by atoms with E-state index in [1.54, 1.807) is 0 Å². The first-order valence-electron chi connectivity index (χ1n) is 20.8. The summed E-state index contributed by atoms with van der Waals surface area (Å²) >= 11 is 0. The van der Waals surface area contributed by atoms with Crippen LogP contribution in [0.25, 0.3) is 49.8 Å². The van der Waals surface area contributed by atoms with Crippen LogP contribution in [0.2, 0.25) is 0 Å². The molecule has 62 heavy (non-hydrogen) atoms. The molecule has 5 heteroatoms. The predicted octanol–water partition coefficient (Wildman–Crippen LogP) is 13.6. The van der Waals surface area contributed by atoms with Gasteiger partial charge in [-0.3, -0.25) is 5.41 Å². The predicted molar refractivity (Wildman–Crippen MR) is 262 cm³/mol. The van der Waals surface area contributed by atoms with E-state index in [1.165, 1.54) is 44.6 Å². The maximum atomic E-state index is 7.29. The van der Waals surface area contributed by atoms with Crippen LogP contribution in [0.15, 0.2) is 223 Å². The molecule has 9 aromatic rings. The second-order valence-electron chi connectivity index (χ2n) is 15.1. The van der Waals surface area contributed by atoms with Gasteiger partial charge >= 0.3 is 0 Å². The zero-order valence-corrected chi connectivity index (χ0v) is 35.0. The lowest BCUT2D eigenvalue weighted by atomic mass is 9.91. The lowest BCUT2D eigenvalue weighted by molar-refractivity contribution is 0.668. The van der Waals surface area contributed by atoms with E-state index in [-0.39, 0.29) is 5.84 Å². The van der Waals surface area contributed by atoms with Crippen molar-refractivity contribution >= 4 is 50.4 Å². The van der Waals surface area contributed by atoms with Crippen LogP contribution in [0.1, 0.15) is 34.7 Å². The van der Waals surface area contributed by atoms with E-state index in [9.17, 15) is 0 Å². The van der Waals surface area contributed by atoms with Gasteiger partial charge in [-0.15, -0.1) is 0 Å². The van der Waals surface area contributed by atoms with Gasteiger partial charge in [0.1, 0.15) is 22.6 Å². The van der Waals surface area contributed by atoms with E-state index in [2.05, 4.69) is 164 Å². The number of aryl methyl sites for hydroxylation is 1. The molecule has 10 rings (SSSR count). The smallest absolute Gasteiger partial charge is 0.226 e. The second-order valence-corrected chi connectivity index (χ2v) is 15.1. The number of benzene rings is 8. The van der Waals surface area contributed by atoms with Gasteiger partial charge in [0.05, 0.1) is 0 Å². The minimum atomic E-state index is 0.106. The normalized spacial score (nSPS) is 12.0. The lowest BCUT2D eigenvalue weighted by Gasteiger charge is -2.20. The Hall–Kier alpha value is -7.86. The molecule has 302 valence electrons. The van der Waals surface area contributed by atoms with Crippen LogP contribution in [0, 0.1) is 12.3 Å². The number of rotatable bonds is 8. The van der Waals surface area contributed by atoms with E-state index >= 15 is 0 Å². The van der Waals surface area contributed by atoms with Gasteiger partial charge < -0.3 is 15.9 Å². The van der Waals surface area contributed by atoms with Gasteiger partial charge in [-0.1, -0.05) is 175 Å². The topological polar surface area (TPSA) is 92.0 Å². The Bertz CT molecular complexity index is 3060. The van der Waals surface area contributed by atoms with Gasteiger partial charge in [-0.05, 0) is 77.1 Å². The maximum Gasteiger partial charge on any atom is 0.226 e. The number of nitrogen functional groups attached to an aromatic ring is 1. The second kappa shape index (κ2) is 19.0. The summed E-state index contributed by atoms with van der Waals surface area (Å²) in [5, 5.41) is 9.47. The van der Waals surface area contributed by atoms with Crippen LogP contribution in [0.3, 0.4) is 0 Å². The van der Waals surface area contributed by atoms with Crippen molar-refractivity contribution in [3.8, 4) is 22.3 Å². The minimum Gasteiger partial charge on any atom is -0.456 e. The molecule has 0 atom stereocenters. The summed E-state index contributed by atoms with van der Waals surface area (Å²) in [5.41, 5.74) is 28.2. The molecule has 1 aliphatic rings. The first-order valence-corrected chi connectivity index (χ1v) is 20.8. The van der Waals surface area contributed by atoms with Crippen LogP contribution in [-0.4, -0.2) is 11.5 Å². The summed E-state index contributed by atoms with van der Waals surface area (Å²) in [6, 6.07) is 68.5. The highest BCUT2D eigenvalue weighted by Gasteiger charge is 2.37. The van der Waals surface area contributed by atoms with Gasteiger partial charge in [0.15, 0.2) is 0 Å². The van der Waals surface area contributed by atoms with Crippen molar-refractivity contribution in [3.05, 3.63) is 246 Å². The molecule has 1 aliphatic heterocycles. The van der Waals surface area contributed by atoms with Crippen LogP contribution in [-0.2, 0) is 6.54 Å². The molecule has 0 fully saturated rings. The van der Waals surface area contributed by atoms with Crippen molar-refractivity contribution in [2.24, 2.45) is 11.5 Å². The molecule has 0 saturated carbocycles. The first kappa shape index (κ1) is 40.9. The number of allylic oxidation sites excluding steroid dienone is 4. The molecule has 8 aromatic carbocycles. The Morgan fingerprint density at radius 3 is 1.79 bits per heavy atom. The standard InChI is InChI=1S/C37H29N2O.C13H12N2.C7H8/c1-2-10-27(25-11-5-3-6-12-25)22-34-31-21-28(26-13-7-4-8-14-26)17-19-33(31)39(34)30-18-20-35-32(23-30)37-29(24-38)15-9-16-36(37)40-35;14-13(15)12-8-6-11(7-9-12)10-4-2-1-3-5-10;1-7-5-3-2-4-6-7/h2-23H,24,38H2,1H3;1-9H,(H3,14,15);2-6H,1H3/q+1;;/b10-2-,27-22+;;. The molecule has 1 aromatic heterocycles. The van der Waals surface area contributed by atoms with Crippen molar-refractivity contribution in [2.75, 3.05) is 0 Å². The molecule has 5 nitrogen and oxygen atoms in total. The third-order valence-electron chi connectivity index (χ3n) is 10.9. The molecule has 0 bridgehead atoms. The highest BCUT2D eigenvalue weighted by atomic mass is 16.3. The molecule has 0 unspecified atom stereocenters. The summed E-state index contributed by atoms with van der Waals surface area (Å²) < 4.78 is 8.54. The van der Waals surface area contributed by atoms with Crippen molar-refractivity contribution in [2.45, 2.75) is 20.4 Å². The summed E-state index contributed by atoms with van der Waals surface area (Å²) in [5.74, 6) is 0.106. The number of furan rings is 1. The Morgan fingerprint density at radius 1 is 0.597 bits per heavy atom. The molecule has 2 heterocycles. The Balaban J connectivity index is 0.000000196. The number of hydrogen-bond donors (Lipinski definition) is 3. The van der Waals surface area contributed by atoms with Crippen molar-refractivity contribution in [1.82, 2.24) is 4.58 Å². The first-order chi connectivity index (χ1) is 30.4. The van der Waals surface area contributed by atoms with E-state index in [4.69, 9.17) is 21.3 Å². The van der Waals surface area contributed by atoms with E-state index in [1.807, 2.05) is 72.8 Å². The fourth-order valence-corrected chi connectivity index (χ4v) is 7.75. The largest absolute Gasteiger partial charge is 0.456 e. The SMILES string of the molecule is C/C=C\C(=C/C1=[N+](c2ccc3oc4cccc(CN)c4c3c2)c2ccc(-c3ccccc3)cc21)c1ccccc1.Cc1ccccc1.N=C(N)c1ccc(-c2ccccc2)cc1. The van der Waals surface area contributed by atoms with Crippen LogP contribution >= 0.6 is 0 Å². The average Bonchev–Trinajstić information content (AvgIpc) is 3.70. The Labute approximate surface area is 363 Å². The van der Waals surface area contributed by atoms with Gasteiger partial charge in [-0.25, -0.2) is 0 Å². The van der Waals surface area contributed by atoms with Crippen molar-refractivity contribution in [3.63, 3.8) is 0 Å². The quantitative estimate of drug-likeness (QED) is 0.0618. The zero-order valence-electron chi connectivity index (χ0n) is 35.0. The number of nitrogens with one attached hydrogen (secondary N) is 1. The van der Waals surface area contributed by atoms with E-state index < -0.39 is 0 Å². The Morgan fingerprint density at radius 2 is 1.19 bits per heavy atom. The van der Waals surface area contributed by atoms with E-state index in [0.717, 1.165) is 50.0 Å². The van der Waals surface area contributed by atoms with Gasteiger partial charge in [0, 0.05) is 47.2 Å². The van der Waals surface area contributed by atoms with Crippen LogP contribution in [0.5, 0.6) is 0 Å². The van der Waals surface area contributed by atoms with Crippen molar-refractivity contribution in [1.29, 1.82) is 5.41 Å². The third-order valence-corrected chi connectivity index (χ3v) is 10.9. The molecule has 5 N–H and O–H groups in total. The van der Waals surface area contributed by atoms with E-state index in [0.29, 0.717) is 6.54 Å². The summed E-state index contributed by atoms with van der Waals surface area (Å²) in [7, 11) is 0. The highest BCUT2D eigenvalue weighted by Crippen LogP contribution is 2.41. The molecular weight excluding hydrogens is 757 g/mol. The summed E-state index contributed by atoms with van der Waals surface area (Å²) in [4.78, 5) is 0. The molecular formula is C57H49N4O+. The van der Waals surface area contributed by atoms with Crippen molar-refractivity contribution < 1.29 is 4.42 Å². The summed E-state index contributed by atoms with van der Waals surface area (Å²) in [6.07, 6.45) is 6.58. The number of nitrogens with two attached hydrogens (primary N) is 2. The summed E-state index contributed by atoms with van der Waals surface area (Å²) in [6.45, 7) is 4.61. The fraction of sp³-hybridized carbons (Fsp3) is 0.0526.